The number of nitrogens with one attached hydrogen (secondary N) is 1. The van der Waals surface area contributed by atoms with E-state index in [1.807, 2.05) is 49.4 Å². The smallest absolute Gasteiger partial charge is 0.354 e. The summed E-state index contributed by atoms with van der Waals surface area (Å²) in [4.78, 5) is 19.5. The normalized spacial score (nSPS) is 12.5. The third-order valence-corrected chi connectivity index (χ3v) is 5.46. The van der Waals surface area contributed by atoms with E-state index in [1.54, 1.807) is 6.20 Å². The molecule has 0 aliphatic heterocycles. The maximum atomic E-state index is 12.0. The third kappa shape index (κ3) is 3.54. The second-order valence-corrected chi connectivity index (χ2v) is 7.28. The number of carbonyl (C=O) groups is 1. The van der Waals surface area contributed by atoms with Crippen molar-refractivity contribution in [2.45, 2.75) is 19.6 Å². The number of nitrogens with zero attached hydrogens (tertiary/aromatic N) is 1. The van der Waals surface area contributed by atoms with E-state index in [2.05, 4.69) is 9.97 Å². The van der Waals surface area contributed by atoms with Crippen LogP contribution < -0.4 is 0 Å². The lowest BCUT2D eigenvalue weighted by Gasteiger charge is -2.19. The highest BCUT2D eigenvalue weighted by atomic mass is 35.5. The van der Waals surface area contributed by atoms with Crippen LogP contribution in [0, 0.1) is 0 Å². The molecular weight excluding hydrogens is 404 g/mol. The molecule has 0 aliphatic carbocycles. The molecule has 1 unspecified atom stereocenters. The molecule has 0 saturated heterocycles. The van der Waals surface area contributed by atoms with Gasteiger partial charge in [0.15, 0.2) is 12.0 Å². The Labute approximate surface area is 178 Å². The molecule has 2 heterocycles. The van der Waals surface area contributed by atoms with Crippen molar-refractivity contribution in [2.24, 2.45) is 0 Å². The fraction of sp³-hybridized carbons (Fsp3) is 0.217. The molecule has 0 saturated carbocycles. The maximum Gasteiger partial charge on any atom is 0.354 e. The average Bonchev–Trinajstić information content (AvgIpc) is 3.12. The minimum Gasteiger partial charge on any atom is -0.476 e. The van der Waals surface area contributed by atoms with Gasteiger partial charge in [0, 0.05) is 35.0 Å². The molecule has 7 heteroatoms. The van der Waals surface area contributed by atoms with Crippen molar-refractivity contribution in [3.63, 3.8) is 0 Å². The van der Waals surface area contributed by atoms with Gasteiger partial charge in [0.2, 0.25) is 0 Å². The zero-order valence-corrected chi connectivity index (χ0v) is 17.4. The first kappa shape index (κ1) is 20.3. The van der Waals surface area contributed by atoms with Crippen LogP contribution >= 0.6 is 11.6 Å². The first-order valence-electron chi connectivity index (χ1n) is 9.58. The van der Waals surface area contributed by atoms with Crippen LogP contribution in [0.1, 0.15) is 40.4 Å². The fourth-order valence-corrected chi connectivity index (χ4v) is 4.05. The summed E-state index contributed by atoms with van der Waals surface area (Å²) in [5.74, 6) is -1.13. The standard InChI is InChI=1S/C23H21ClN2O4/c1-3-30-23(29-2)20-19-17(12-25-21(20)22(27)28)26-16-10-6-8-14(18(16)19)11-13-7-4-5-9-15(13)24/h4-10,12,23,26H,3,11H2,1-2H3,(H,27,28). The van der Waals surface area contributed by atoms with Gasteiger partial charge in [-0.05, 0) is 36.6 Å². The summed E-state index contributed by atoms with van der Waals surface area (Å²) in [6.07, 6.45) is 1.28. The predicted molar refractivity (Wildman–Crippen MR) is 116 cm³/mol. The largest absolute Gasteiger partial charge is 0.476 e. The average molecular weight is 425 g/mol. The molecule has 154 valence electrons. The fourth-order valence-electron chi connectivity index (χ4n) is 3.85. The molecule has 2 N–H and O–H groups in total. The van der Waals surface area contributed by atoms with Gasteiger partial charge in [-0.1, -0.05) is 41.9 Å². The van der Waals surface area contributed by atoms with Crippen molar-refractivity contribution in [3.05, 3.63) is 76.1 Å². The van der Waals surface area contributed by atoms with Crippen LogP contribution in [0.4, 0.5) is 0 Å². The number of aromatic nitrogens is 2. The van der Waals surface area contributed by atoms with E-state index in [0.717, 1.165) is 32.9 Å². The van der Waals surface area contributed by atoms with E-state index in [-0.39, 0.29) is 5.69 Å². The summed E-state index contributed by atoms with van der Waals surface area (Å²) in [5, 5.41) is 12.1. The molecule has 0 fully saturated rings. The number of aromatic amines is 1. The van der Waals surface area contributed by atoms with Crippen LogP contribution in [0.5, 0.6) is 0 Å². The van der Waals surface area contributed by atoms with Crippen molar-refractivity contribution >= 4 is 39.4 Å². The molecule has 0 amide bonds. The van der Waals surface area contributed by atoms with Gasteiger partial charge in [0.1, 0.15) is 0 Å². The quantitative estimate of drug-likeness (QED) is 0.391. The van der Waals surface area contributed by atoms with Crippen molar-refractivity contribution in [2.75, 3.05) is 13.7 Å². The van der Waals surface area contributed by atoms with Crippen LogP contribution in [0.3, 0.4) is 0 Å². The second-order valence-electron chi connectivity index (χ2n) is 6.87. The van der Waals surface area contributed by atoms with Gasteiger partial charge < -0.3 is 19.6 Å². The maximum absolute atomic E-state index is 12.0. The number of carboxylic acids is 1. The van der Waals surface area contributed by atoms with Crippen molar-refractivity contribution in [3.8, 4) is 0 Å². The summed E-state index contributed by atoms with van der Waals surface area (Å²) in [6, 6.07) is 13.6. The lowest BCUT2D eigenvalue weighted by molar-refractivity contribution is -0.123. The van der Waals surface area contributed by atoms with E-state index < -0.39 is 12.3 Å². The monoisotopic (exact) mass is 424 g/mol. The highest BCUT2D eigenvalue weighted by Gasteiger charge is 2.26. The number of ether oxygens (including phenoxy) is 2. The van der Waals surface area contributed by atoms with Crippen LogP contribution in [0.15, 0.2) is 48.7 Å². The number of aromatic carboxylic acids is 1. The Balaban J connectivity index is 2.04. The molecule has 0 spiro atoms. The summed E-state index contributed by atoms with van der Waals surface area (Å²) in [6.45, 7) is 2.20. The molecule has 6 nitrogen and oxygen atoms in total. The van der Waals surface area contributed by atoms with Crippen LogP contribution in [0.2, 0.25) is 5.02 Å². The van der Waals surface area contributed by atoms with Gasteiger partial charge in [-0.25, -0.2) is 9.78 Å². The first-order chi connectivity index (χ1) is 14.5. The van der Waals surface area contributed by atoms with E-state index in [9.17, 15) is 9.90 Å². The van der Waals surface area contributed by atoms with Gasteiger partial charge in [0.25, 0.3) is 0 Å². The van der Waals surface area contributed by atoms with E-state index in [4.69, 9.17) is 21.1 Å². The molecule has 4 rings (SSSR count). The number of H-pyrrole nitrogens is 1. The Morgan fingerprint density at radius 3 is 2.60 bits per heavy atom. The number of rotatable bonds is 7. The van der Waals surface area contributed by atoms with E-state index >= 15 is 0 Å². The number of pyridine rings is 1. The number of carboxylic acid groups (broad SMARTS) is 1. The van der Waals surface area contributed by atoms with E-state index in [1.165, 1.54) is 7.11 Å². The number of methoxy groups -OCH3 is 1. The Morgan fingerprint density at radius 2 is 1.90 bits per heavy atom. The van der Waals surface area contributed by atoms with Gasteiger partial charge in [-0.15, -0.1) is 0 Å². The Hall–Kier alpha value is -2.93. The SMILES string of the molecule is CCOC(OC)c1c(C(=O)O)ncc2[nH]c3cccc(Cc4ccccc4Cl)c3c12. The number of halogens is 1. The second kappa shape index (κ2) is 8.44. The van der Waals surface area contributed by atoms with Crippen LogP contribution in [-0.4, -0.2) is 34.8 Å². The van der Waals surface area contributed by atoms with E-state index in [0.29, 0.717) is 23.6 Å². The Morgan fingerprint density at radius 1 is 1.13 bits per heavy atom. The van der Waals surface area contributed by atoms with Gasteiger partial charge >= 0.3 is 5.97 Å². The highest BCUT2D eigenvalue weighted by Crippen LogP contribution is 2.37. The Kier molecular flexibility index (Phi) is 5.72. The summed E-state index contributed by atoms with van der Waals surface area (Å²) < 4.78 is 11.2. The van der Waals surface area contributed by atoms with Crippen LogP contribution in [-0.2, 0) is 15.9 Å². The van der Waals surface area contributed by atoms with Crippen molar-refractivity contribution < 1.29 is 19.4 Å². The molecule has 4 aromatic rings. The van der Waals surface area contributed by atoms with Crippen molar-refractivity contribution in [1.82, 2.24) is 9.97 Å². The van der Waals surface area contributed by atoms with Crippen molar-refractivity contribution in [1.29, 1.82) is 0 Å². The summed E-state index contributed by atoms with van der Waals surface area (Å²) in [7, 11) is 1.49. The number of benzene rings is 2. The topological polar surface area (TPSA) is 84.4 Å². The summed E-state index contributed by atoms with van der Waals surface area (Å²) >= 11 is 6.39. The number of hydrogen-bond acceptors (Lipinski definition) is 4. The van der Waals surface area contributed by atoms with Gasteiger partial charge in [-0.3, -0.25) is 0 Å². The molecule has 2 aromatic heterocycles. The molecule has 0 radical (unpaired) electrons. The van der Waals surface area contributed by atoms with Crippen LogP contribution in [0.25, 0.3) is 21.8 Å². The molecule has 0 aliphatic rings. The number of fused-ring (bicyclic) bond motifs is 3. The highest BCUT2D eigenvalue weighted by molar-refractivity contribution is 6.31. The zero-order valence-electron chi connectivity index (χ0n) is 16.6. The Bertz CT molecular complexity index is 1230. The molecule has 2 aromatic carbocycles. The molecule has 0 bridgehead atoms. The zero-order chi connectivity index (χ0) is 21.3. The first-order valence-corrected chi connectivity index (χ1v) is 9.96. The lowest BCUT2D eigenvalue weighted by Crippen LogP contribution is -2.14. The minimum absolute atomic E-state index is 0.0868. The predicted octanol–water partition coefficient (Wildman–Crippen LogP) is 5.34. The molecular formula is C23H21ClN2O4. The molecule has 1 atom stereocenters. The molecule has 30 heavy (non-hydrogen) atoms. The summed E-state index contributed by atoms with van der Waals surface area (Å²) in [5.41, 5.74) is 3.92. The van der Waals surface area contributed by atoms with Gasteiger partial charge in [-0.2, -0.15) is 0 Å². The lowest BCUT2D eigenvalue weighted by atomic mass is 9.97. The minimum atomic E-state index is -1.13. The number of hydrogen-bond donors (Lipinski definition) is 2. The van der Waals surface area contributed by atoms with Gasteiger partial charge in [0.05, 0.1) is 17.3 Å². The third-order valence-electron chi connectivity index (χ3n) is 5.10.